The fourth-order valence-corrected chi connectivity index (χ4v) is 5.41. The number of likely N-dealkylation sites (N-methyl/N-ethyl adjacent to an activating group) is 1. The summed E-state index contributed by atoms with van der Waals surface area (Å²) in [6.07, 6.45) is 1.87. The van der Waals surface area contributed by atoms with Crippen LogP contribution in [0.5, 0.6) is 5.75 Å². The Morgan fingerprint density at radius 2 is 1.79 bits per heavy atom. The van der Waals surface area contributed by atoms with Gasteiger partial charge in [0.15, 0.2) is 5.17 Å². The number of aliphatic imine (C=N–C) groups is 1. The molecule has 0 unspecified atom stereocenters. The largest absolute Gasteiger partial charge is 0.488 e. The minimum Gasteiger partial charge on any atom is -0.488 e. The average Bonchev–Trinajstić information content (AvgIpc) is 3.10. The summed E-state index contributed by atoms with van der Waals surface area (Å²) in [7, 11) is 0. The molecule has 0 aromatic heterocycles. The molecule has 0 N–H and O–H groups in total. The molecule has 3 aromatic rings. The topological polar surface area (TPSA) is 41.9 Å². The molecule has 1 aliphatic heterocycles. The lowest BCUT2D eigenvalue weighted by Gasteiger charge is -2.12. The Morgan fingerprint density at radius 3 is 2.47 bits per heavy atom. The summed E-state index contributed by atoms with van der Waals surface area (Å²) in [6, 6.07) is 19.2. The van der Waals surface area contributed by atoms with Gasteiger partial charge in [-0.1, -0.05) is 45.7 Å². The molecule has 0 bridgehead atoms. The first-order valence-electron chi connectivity index (χ1n) is 10.3. The molecule has 1 fully saturated rings. The van der Waals surface area contributed by atoms with Gasteiger partial charge in [-0.3, -0.25) is 9.69 Å². The van der Waals surface area contributed by atoms with E-state index in [1.165, 1.54) is 11.8 Å². The smallest absolute Gasteiger partial charge is 0.266 e. The lowest BCUT2D eigenvalue weighted by atomic mass is 10.2. The summed E-state index contributed by atoms with van der Waals surface area (Å²) in [6.45, 7) is 2.92. The normalized spacial score (nSPS) is 16.0. The van der Waals surface area contributed by atoms with Crippen molar-refractivity contribution < 1.29 is 9.53 Å². The second-order valence-corrected chi connectivity index (χ2v) is 11.3. The van der Waals surface area contributed by atoms with Crippen molar-refractivity contribution in [2.45, 2.75) is 13.5 Å². The Bertz CT molecular complexity index is 1300. The standard InChI is InChI=1S/C25H18Br3ClN2O2S/c1-2-31-24(32)23(34-25(31)30-18-8-9-19(27)21(29)13-18)12-16-5-10-22(20(28)11-16)33-14-15-3-6-17(26)7-4-15/h3-13H,2,14H2,1H3/b23-12-,30-25?. The first-order valence-corrected chi connectivity index (χ1v) is 13.8. The number of benzene rings is 3. The molecule has 1 heterocycles. The van der Waals surface area contributed by atoms with Gasteiger partial charge < -0.3 is 4.74 Å². The quantitative estimate of drug-likeness (QED) is 0.244. The van der Waals surface area contributed by atoms with Crippen molar-refractivity contribution in [2.75, 3.05) is 6.54 Å². The predicted octanol–water partition coefficient (Wildman–Crippen LogP) is 8.83. The molecule has 0 radical (unpaired) electrons. The highest BCUT2D eigenvalue weighted by Gasteiger charge is 2.32. The third-order valence-corrected chi connectivity index (χ3v) is 8.28. The molecule has 1 saturated heterocycles. The maximum absolute atomic E-state index is 13.0. The highest BCUT2D eigenvalue weighted by molar-refractivity contribution is 9.11. The number of thioether (sulfide) groups is 1. The fraction of sp³-hybridized carbons (Fsp3) is 0.120. The van der Waals surface area contributed by atoms with Gasteiger partial charge in [0.25, 0.3) is 5.91 Å². The summed E-state index contributed by atoms with van der Waals surface area (Å²) >= 11 is 18.0. The maximum Gasteiger partial charge on any atom is 0.266 e. The molecule has 0 aliphatic carbocycles. The summed E-state index contributed by atoms with van der Waals surface area (Å²) in [5.41, 5.74) is 2.66. The van der Waals surface area contributed by atoms with Gasteiger partial charge in [-0.25, -0.2) is 4.99 Å². The van der Waals surface area contributed by atoms with Crippen LogP contribution in [0.1, 0.15) is 18.1 Å². The maximum atomic E-state index is 13.0. The molecule has 1 aliphatic rings. The highest BCUT2D eigenvalue weighted by atomic mass is 79.9. The van der Waals surface area contributed by atoms with Crippen LogP contribution < -0.4 is 4.74 Å². The number of amidine groups is 1. The number of hydrogen-bond acceptors (Lipinski definition) is 4. The van der Waals surface area contributed by atoms with E-state index in [9.17, 15) is 4.79 Å². The first-order chi connectivity index (χ1) is 16.3. The Balaban J connectivity index is 1.51. The number of carbonyl (C=O) groups is 1. The van der Waals surface area contributed by atoms with Gasteiger partial charge in [0.2, 0.25) is 0 Å². The Labute approximate surface area is 232 Å². The second-order valence-electron chi connectivity index (χ2n) is 7.26. The van der Waals surface area contributed by atoms with Gasteiger partial charge in [-0.2, -0.15) is 0 Å². The summed E-state index contributed by atoms with van der Waals surface area (Å²) < 4.78 is 8.60. The van der Waals surface area contributed by atoms with Gasteiger partial charge in [0, 0.05) is 15.5 Å². The van der Waals surface area contributed by atoms with E-state index in [4.69, 9.17) is 16.3 Å². The molecule has 0 spiro atoms. The Morgan fingerprint density at radius 1 is 1.03 bits per heavy atom. The highest BCUT2D eigenvalue weighted by Crippen LogP contribution is 2.36. The van der Waals surface area contributed by atoms with Crippen molar-refractivity contribution in [2.24, 2.45) is 4.99 Å². The molecule has 9 heteroatoms. The van der Waals surface area contributed by atoms with Gasteiger partial charge >= 0.3 is 0 Å². The van der Waals surface area contributed by atoms with E-state index in [1.54, 1.807) is 11.0 Å². The molecule has 4 nitrogen and oxygen atoms in total. The van der Waals surface area contributed by atoms with Gasteiger partial charge in [-0.05, 0) is 110 Å². The van der Waals surface area contributed by atoms with E-state index < -0.39 is 0 Å². The van der Waals surface area contributed by atoms with E-state index in [1.807, 2.05) is 67.6 Å². The van der Waals surface area contributed by atoms with Crippen molar-refractivity contribution in [1.82, 2.24) is 4.90 Å². The van der Waals surface area contributed by atoms with E-state index in [0.29, 0.717) is 33.9 Å². The van der Waals surface area contributed by atoms with Crippen molar-refractivity contribution >= 4 is 94.0 Å². The molecule has 174 valence electrons. The monoisotopic (exact) mass is 682 g/mol. The number of halogens is 4. The van der Waals surface area contributed by atoms with Crippen LogP contribution in [0.2, 0.25) is 5.02 Å². The van der Waals surface area contributed by atoms with Gasteiger partial charge in [-0.15, -0.1) is 0 Å². The third kappa shape index (κ3) is 6.15. The number of amides is 1. The molecular weight excluding hydrogens is 668 g/mol. The average molecular weight is 686 g/mol. The van der Waals surface area contributed by atoms with Gasteiger partial charge in [0.05, 0.1) is 20.1 Å². The molecule has 3 aromatic carbocycles. The summed E-state index contributed by atoms with van der Waals surface area (Å²) in [5.74, 6) is 0.668. The molecular formula is C25H18Br3ClN2O2S. The SMILES string of the molecule is CCN1C(=O)/C(=C/c2ccc(OCc3ccc(Br)cc3)c(Br)c2)SC1=Nc1ccc(Br)c(Cl)c1. The van der Waals surface area contributed by atoms with Crippen LogP contribution in [-0.2, 0) is 11.4 Å². The van der Waals surface area contributed by atoms with Crippen LogP contribution in [0.3, 0.4) is 0 Å². The molecule has 34 heavy (non-hydrogen) atoms. The van der Waals surface area contributed by atoms with Crippen LogP contribution in [0.15, 0.2) is 84.0 Å². The van der Waals surface area contributed by atoms with Crippen molar-refractivity contribution in [3.63, 3.8) is 0 Å². The summed E-state index contributed by atoms with van der Waals surface area (Å²) in [4.78, 5) is 19.9. The zero-order valence-corrected chi connectivity index (χ0v) is 24.2. The lowest BCUT2D eigenvalue weighted by Crippen LogP contribution is -2.28. The number of hydrogen-bond donors (Lipinski definition) is 0. The van der Waals surface area contributed by atoms with E-state index in [-0.39, 0.29) is 5.91 Å². The number of ether oxygens (including phenoxy) is 1. The Kier molecular flexibility index (Phi) is 8.58. The number of nitrogens with zero attached hydrogens (tertiary/aromatic N) is 2. The fourth-order valence-electron chi connectivity index (χ4n) is 3.15. The molecule has 1 amide bonds. The van der Waals surface area contributed by atoms with Crippen LogP contribution in [-0.4, -0.2) is 22.5 Å². The molecule has 0 saturated carbocycles. The zero-order chi connectivity index (χ0) is 24.2. The van der Waals surface area contributed by atoms with Crippen molar-refractivity contribution in [1.29, 1.82) is 0 Å². The minimum atomic E-state index is -0.0684. The molecule has 4 rings (SSSR count). The van der Waals surface area contributed by atoms with Crippen molar-refractivity contribution in [3.8, 4) is 5.75 Å². The van der Waals surface area contributed by atoms with E-state index in [0.717, 1.165) is 30.3 Å². The number of carbonyl (C=O) groups excluding carboxylic acids is 1. The minimum absolute atomic E-state index is 0.0684. The third-order valence-electron chi connectivity index (χ3n) is 4.89. The zero-order valence-electron chi connectivity index (χ0n) is 17.9. The Hall–Kier alpha value is -1.58. The number of rotatable bonds is 6. The van der Waals surface area contributed by atoms with E-state index >= 15 is 0 Å². The second kappa shape index (κ2) is 11.4. The van der Waals surface area contributed by atoms with Crippen LogP contribution in [0.25, 0.3) is 6.08 Å². The van der Waals surface area contributed by atoms with E-state index in [2.05, 4.69) is 52.8 Å². The first kappa shape index (κ1) is 25.5. The van der Waals surface area contributed by atoms with Crippen LogP contribution in [0, 0.1) is 0 Å². The van der Waals surface area contributed by atoms with Crippen LogP contribution >= 0.6 is 71.2 Å². The van der Waals surface area contributed by atoms with Crippen molar-refractivity contribution in [3.05, 3.63) is 95.1 Å². The predicted molar refractivity (Wildman–Crippen MR) is 152 cm³/mol. The van der Waals surface area contributed by atoms with Crippen LogP contribution in [0.4, 0.5) is 5.69 Å². The van der Waals surface area contributed by atoms with Gasteiger partial charge in [0.1, 0.15) is 12.4 Å². The lowest BCUT2D eigenvalue weighted by molar-refractivity contribution is -0.122. The molecule has 0 atom stereocenters. The summed E-state index contributed by atoms with van der Waals surface area (Å²) in [5, 5.41) is 1.20.